The molecule has 0 fully saturated rings. The van der Waals surface area contributed by atoms with Gasteiger partial charge in [-0.1, -0.05) is 0 Å². The summed E-state index contributed by atoms with van der Waals surface area (Å²) in [5, 5.41) is 2.99. The first-order valence-corrected chi connectivity index (χ1v) is 6.35. The summed E-state index contributed by atoms with van der Waals surface area (Å²) >= 11 is 3.44. The van der Waals surface area contributed by atoms with Crippen molar-refractivity contribution in [3.05, 3.63) is 22.2 Å². The van der Waals surface area contributed by atoms with E-state index >= 15 is 0 Å². The van der Waals surface area contributed by atoms with Gasteiger partial charge in [-0.3, -0.25) is 4.79 Å². The Kier molecular flexibility index (Phi) is 4.43. The fraction of sp³-hybridized carbons (Fsp3) is 0.417. The largest absolute Gasteiger partial charge is 0.486 e. The van der Waals surface area contributed by atoms with Crippen molar-refractivity contribution in [1.29, 1.82) is 0 Å². The first-order chi connectivity index (χ1) is 8.70. The highest BCUT2D eigenvalue weighted by Crippen LogP contribution is 2.38. The summed E-state index contributed by atoms with van der Waals surface area (Å²) < 4.78 is 16.4. The van der Waals surface area contributed by atoms with Crippen molar-refractivity contribution in [3.8, 4) is 11.5 Å². The lowest BCUT2D eigenvalue weighted by molar-refractivity contribution is -0.139. The molecule has 0 bridgehead atoms. The average Bonchev–Trinajstić information content (AvgIpc) is 2.38. The number of carbonyl (C=O) groups excluding carboxylic acids is 1. The summed E-state index contributed by atoms with van der Waals surface area (Å²) in [4.78, 5) is 11.0. The van der Waals surface area contributed by atoms with Crippen LogP contribution in [0.5, 0.6) is 11.5 Å². The predicted molar refractivity (Wildman–Crippen MR) is 68.9 cm³/mol. The summed E-state index contributed by atoms with van der Waals surface area (Å²) in [5.74, 6) is 1.18. The van der Waals surface area contributed by atoms with Crippen molar-refractivity contribution in [2.24, 2.45) is 0 Å². The van der Waals surface area contributed by atoms with Crippen LogP contribution in [0.25, 0.3) is 0 Å². The van der Waals surface area contributed by atoms with Gasteiger partial charge in [0.2, 0.25) is 0 Å². The second-order valence-corrected chi connectivity index (χ2v) is 4.64. The summed E-state index contributed by atoms with van der Waals surface area (Å²) in [6.07, 6.45) is 0. The Morgan fingerprint density at radius 2 is 2.22 bits per heavy atom. The molecule has 0 saturated carbocycles. The zero-order chi connectivity index (χ0) is 13.0. The highest BCUT2D eigenvalue weighted by molar-refractivity contribution is 9.10. The van der Waals surface area contributed by atoms with Crippen LogP contribution in [0.1, 0.15) is 5.56 Å². The van der Waals surface area contributed by atoms with E-state index in [0.29, 0.717) is 19.8 Å². The molecule has 6 heteroatoms. The lowest BCUT2D eigenvalue weighted by atomic mass is 10.2. The Morgan fingerprint density at radius 1 is 1.44 bits per heavy atom. The van der Waals surface area contributed by atoms with Gasteiger partial charge in [0.25, 0.3) is 0 Å². The maximum absolute atomic E-state index is 11.0. The Morgan fingerprint density at radius 3 is 3.00 bits per heavy atom. The van der Waals surface area contributed by atoms with Gasteiger partial charge in [-0.05, 0) is 33.6 Å². The number of halogens is 1. The normalized spacial score (nSPS) is 13.2. The molecule has 0 radical (unpaired) electrons. The quantitative estimate of drug-likeness (QED) is 0.853. The van der Waals surface area contributed by atoms with Crippen LogP contribution in [-0.4, -0.2) is 32.8 Å². The second kappa shape index (κ2) is 6.06. The molecule has 1 aliphatic heterocycles. The number of nitrogens with one attached hydrogen (secondary N) is 1. The van der Waals surface area contributed by atoms with Crippen molar-refractivity contribution in [1.82, 2.24) is 5.32 Å². The number of hydrogen-bond donors (Lipinski definition) is 1. The van der Waals surface area contributed by atoms with Crippen LogP contribution < -0.4 is 14.8 Å². The summed E-state index contributed by atoms with van der Waals surface area (Å²) in [6, 6.07) is 3.85. The zero-order valence-corrected chi connectivity index (χ0v) is 11.6. The Bertz CT molecular complexity index is 450. The van der Waals surface area contributed by atoms with Crippen molar-refractivity contribution in [2.45, 2.75) is 6.54 Å². The minimum atomic E-state index is -0.286. The maximum atomic E-state index is 11.0. The van der Waals surface area contributed by atoms with Crippen molar-refractivity contribution >= 4 is 21.9 Å². The lowest BCUT2D eigenvalue weighted by Crippen LogP contribution is -2.23. The first kappa shape index (κ1) is 13.2. The van der Waals surface area contributed by atoms with Gasteiger partial charge in [0, 0.05) is 6.54 Å². The third-order valence-corrected chi connectivity index (χ3v) is 3.07. The molecular formula is C12H14BrNO4. The number of ether oxygens (including phenoxy) is 3. The van der Waals surface area contributed by atoms with Gasteiger partial charge < -0.3 is 19.5 Å². The smallest absolute Gasteiger partial charge is 0.319 e. The van der Waals surface area contributed by atoms with Crippen molar-refractivity contribution < 1.29 is 19.0 Å². The topological polar surface area (TPSA) is 56.8 Å². The van der Waals surface area contributed by atoms with Crippen LogP contribution in [-0.2, 0) is 16.1 Å². The summed E-state index contributed by atoms with van der Waals surface area (Å²) in [7, 11) is 1.37. The first-order valence-electron chi connectivity index (χ1n) is 5.56. The predicted octanol–water partition coefficient (Wildman–Crippen LogP) is 1.48. The fourth-order valence-corrected chi connectivity index (χ4v) is 2.25. The van der Waals surface area contributed by atoms with Crippen LogP contribution in [0.15, 0.2) is 16.6 Å². The molecule has 0 spiro atoms. The van der Waals surface area contributed by atoms with Crippen LogP contribution in [0.2, 0.25) is 0 Å². The molecule has 0 amide bonds. The minimum absolute atomic E-state index is 0.183. The molecule has 98 valence electrons. The number of esters is 1. The molecule has 0 unspecified atom stereocenters. The molecule has 2 rings (SSSR count). The van der Waals surface area contributed by atoms with E-state index in [1.165, 1.54) is 7.11 Å². The number of fused-ring (bicyclic) bond motifs is 1. The molecule has 1 aromatic rings. The van der Waals surface area contributed by atoms with E-state index in [1.54, 1.807) is 0 Å². The average molecular weight is 316 g/mol. The Balaban J connectivity index is 2.01. The third-order valence-electron chi connectivity index (χ3n) is 2.48. The van der Waals surface area contributed by atoms with E-state index in [4.69, 9.17) is 9.47 Å². The number of benzene rings is 1. The van der Waals surface area contributed by atoms with E-state index in [-0.39, 0.29) is 12.5 Å². The highest BCUT2D eigenvalue weighted by atomic mass is 79.9. The molecule has 0 aliphatic carbocycles. The highest BCUT2D eigenvalue weighted by Gasteiger charge is 2.16. The van der Waals surface area contributed by atoms with Crippen LogP contribution in [0.4, 0.5) is 0 Å². The number of rotatable bonds is 4. The van der Waals surface area contributed by atoms with Gasteiger partial charge in [0.15, 0.2) is 11.5 Å². The lowest BCUT2D eigenvalue weighted by Gasteiger charge is -2.20. The van der Waals surface area contributed by atoms with Gasteiger partial charge >= 0.3 is 5.97 Å². The Labute approximate surface area is 114 Å². The fourth-order valence-electron chi connectivity index (χ4n) is 1.65. The Hall–Kier alpha value is -1.27. The molecule has 0 saturated heterocycles. The van der Waals surface area contributed by atoms with Crippen LogP contribution >= 0.6 is 15.9 Å². The summed E-state index contributed by atoms with van der Waals surface area (Å²) in [5.41, 5.74) is 1.01. The summed E-state index contributed by atoms with van der Waals surface area (Å²) in [6.45, 7) is 1.86. The third kappa shape index (κ3) is 3.14. The molecule has 1 N–H and O–H groups in total. The van der Waals surface area contributed by atoms with E-state index in [2.05, 4.69) is 26.0 Å². The molecule has 1 aromatic carbocycles. The molecule has 1 aliphatic rings. The van der Waals surface area contributed by atoms with Gasteiger partial charge in [-0.2, -0.15) is 0 Å². The van der Waals surface area contributed by atoms with Crippen LogP contribution in [0.3, 0.4) is 0 Å². The van der Waals surface area contributed by atoms with E-state index in [0.717, 1.165) is 21.5 Å². The van der Waals surface area contributed by atoms with E-state index in [9.17, 15) is 4.79 Å². The van der Waals surface area contributed by atoms with E-state index < -0.39 is 0 Å². The number of hydrogen-bond acceptors (Lipinski definition) is 5. The molecule has 5 nitrogen and oxygen atoms in total. The van der Waals surface area contributed by atoms with Crippen molar-refractivity contribution in [2.75, 3.05) is 26.9 Å². The molecule has 1 heterocycles. The van der Waals surface area contributed by atoms with Gasteiger partial charge in [0.05, 0.1) is 18.1 Å². The second-order valence-electron chi connectivity index (χ2n) is 3.78. The van der Waals surface area contributed by atoms with E-state index in [1.807, 2.05) is 12.1 Å². The molecule has 0 aromatic heterocycles. The zero-order valence-electron chi connectivity index (χ0n) is 9.99. The minimum Gasteiger partial charge on any atom is -0.486 e. The van der Waals surface area contributed by atoms with Gasteiger partial charge in [-0.25, -0.2) is 0 Å². The SMILES string of the molecule is COC(=O)CNCc1cc(Br)c2c(c1)OCCO2. The van der Waals surface area contributed by atoms with Crippen molar-refractivity contribution in [3.63, 3.8) is 0 Å². The molecular weight excluding hydrogens is 302 g/mol. The van der Waals surface area contributed by atoms with Gasteiger partial charge in [0.1, 0.15) is 13.2 Å². The van der Waals surface area contributed by atoms with Gasteiger partial charge in [-0.15, -0.1) is 0 Å². The molecule has 0 atom stereocenters. The monoisotopic (exact) mass is 315 g/mol. The van der Waals surface area contributed by atoms with Crippen LogP contribution in [0, 0.1) is 0 Å². The maximum Gasteiger partial charge on any atom is 0.319 e. The molecule has 18 heavy (non-hydrogen) atoms. The number of methoxy groups -OCH3 is 1. The number of carbonyl (C=O) groups is 1. The standard InChI is InChI=1S/C12H14BrNO4/c1-16-11(15)7-14-6-8-4-9(13)12-10(5-8)17-2-3-18-12/h4-5,14H,2-3,6-7H2,1H3.